The molecule has 162 valence electrons. The quantitative estimate of drug-likeness (QED) is 0.218. The van der Waals surface area contributed by atoms with E-state index in [0.29, 0.717) is 44.6 Å². The Hall–Kier alpha value is -1.16. The van der Waals surface area contributed by atoms with Gasteiger partial charge in [-0.2, -0.15) is 0 Å². The fourth-order valence-corrected chi connectivity index (χ4v) is 4.44. The van der Waals surface area contributed by atoms with Crippen LogP contribution in [0.25, 0.3) is 0 Å². The van der Waals surface area contributed by atoms with Crippen LogP contribution in [0.4, 0.5) is 21.0 Å². The third-order valence-corrected chi connectivity index (χ3v) is 7.27. The second-order valence-electron chi connectivity index (χ2n) is 5.66. The molecule has 0 atom stereocenters. The molecule has 0 aliphatic heterocycles. The normalized spacial score (nSPS) is 10.4. The van der Waals surface area contributed by atoms with Crippen molar-refractivity contribution in [2.24, 2.45) is 0 Å². The molecular formula is C18H18Cl4N4O2S2. The van der Waals surface area contributed by atoms with Crippen LogP contribution in [0.2, 0.25) is 20.1 Å². The fraction of sp³-hybridized carbons (Fsp3) is 0.222. The number of anilines is 2. The zero-order chi connectivity index (χ0) is 21.9. The molecule has 0 heterocycles. The van der Waals surface area contributed by atoms with E-state index in [1.54, 1.807) is 58.0 Å². The van der Waals surface area contributed by atoms with Gasteiger partial charge in [0.2, 0.25) is 0 Å². The Morgan fingerprint density at radius 3 is 1.43 bits per heavy atom. The molecule has 2 aromatic rings. The van der Waals surface area contributed by atoms with Gasteiger partial charge in [-0.05, 0) is 36.4 Å². The molecule has 12 heteroatoms. The molecule has 4 N–H and O–H groups in total. The van der Waals surface area contributed by atoms with E-state index in [1.807, 2.05) is 0 Å². The van der Waals surface area contributed by atoms with Crippen LogP contribution < -0.4 is 21.3 Å². The largest absolute Gasteiger partial charge is 0.337 e. The lowest BCUT2D eigenvalue weighted by molar-refractivity contribution is 0.252. The van der Waals surface area contributed by atoms with Gasteiger partial charge in [-0.25, -0.2) is 9.59 Å². The van der Waals surface area contributed by atoms with E-state index in [1.165, 1.54) is 0 Å². The highest BCUT2D eigenvalue weighted by Gasteiger charge is 2.05. The van der Waals surface area contributed by atoms with E-state index < -0.39 is 0 Å². The van der Waals surface area contributed by atoms with Crippen LogP contribution in [-0.4, -0.2) is 36.7 Å². The minimum Gasteiger partial charge on any atom is -0.337 e. The Balaban J connectivity index is 1.50. The molecule has 2 aromatic carbocycles. The van der Waals surface area contributed by atoms with E-state index in [-0.39, 0.29) is 12.1 Å². The standard InChI is InChI=1S/C18H18Cl4N4O2S2/c19-13-3-1-11(9-15(13)21)25-17(27)23-5-7-29-30-8-6-24-18(28)26-12-2-4-14(20)16(22)10-12/h1-4,9-10H,5-8H2,(H2,23,25,27)(H2,24,26,28). The molecule has 0 bridgehead atoms. The maximum atomic E-state index is 11.8. The minimum absolute atomic E-state index is 0.320. The average Bonchev–Trinajstić information content (AvgIpc) is 2.69. The molecule has 0 fully saturated rings. The summed E-state index contributed by atoms with van der Waals surface area (Å²) in [5.74, 6) is 1.43. The van der Waals surface area contributed by atoms with E-state index in [2.05, 4.69) is 21.3 Å². The Bertz CT molecular complexity index is 818. The highest BCUT2D eigenvalue weighted by atomic mass is 35.5. The summed E-state index contributed by atoms with van der Waals surface area (Å²) in [6.07, 6.45) is 0. The molecule has 0 aliphatic carbocycles. The van der Waals surface area contributed by atoms with Gasteiger partial charge in [0.25, 0.3) is 0 Å². The van der Waals surface area contributed by atoms with Crippen molar-refractivity contribution in [3.63, 3.8) is 0 Å². The van der Waals surface area contributed by atoms with Crippen molar-refractivity contribution in [1.29, 1.82) is 0 Å². The van der Waals surface area contributed by atoms with E-state index in [9.17, 15) is 9.59 Å². The monoisotopic (exact) mass is 526 g/mol. The number of rotatable bonds is 9. The summed E-state index contributed by atoms with van der Waals surface area (Å²) >= 11 is 23.5. The van der Waals surface area contributed by atoms with Crippen LogP contribution in [0.15, 0.2) is 36.4 Å². The number of amides is 4. The van der Waals surface area contributed by atoms with Gasteiger partial charge in [0.1, 0.15) is 0 Å². The average molecular weight is 528 g/mol. The van der Waals surface area contributed by atoms with Crippen molar-refractivity contribution in [3.05, 3.63) is 56.5 Å². The summed E-state index contributed by atoms with van der Waals surface area (Å²) < 4.78 is 0. The third kappa shape index (κ3) is 9.32. The maximum Gasteiger partial charge on any atom is 0.319 e. The Morgan fingerprint density at radius 1 is 0.667 bits per heavy atom. The number of nitrogens with one attached hydrogen (secondary N) is 4. The van der Waals surface area contributed by atoms with Crippen LogP contribution in [-0.2, 0) is 0 Å². The first-order valence-corrected chi connectivity index (χ1v) is 12.6. The second kappa shape index (κ2) is 13.3. The number of benzene rings is 2. The number of carbonyl (C=O) groups excluding carboxylic acids is 2. The van der Waals surface area contributed by atoms with Gasteiger partial charge < -0.3 is 21.3 Å². The van der Waals surface area contributed by atoms with E-state index in [0.717, 1.165) is 11.5 Å². The topological polar surface area (TPSA) is 82.3 Å². The third-order valence-electron chi connectivity index (χ3n) is 3.38. The van der Waals surface area contributed by atoms with Crippen molar-refractivity contribution >= 4 is 91.4 Å². The molecule has 2 rings (SSSR count). The van der Waals surface area contributed by atoms with Crippen LogP contribution in [0.3, 0.4) is 0 Å². The summed E-state index contributed by atoms with van der Waals surface area (Å²) in [4.78, 5) is 23.6. The van der Waals surface area contributed by atoms with Crippen LogP contribution in [0.1, 0.15) is 0 Å². The van der Waals surface area contributed by atoms with Gasteiger partial charge >= 0.3 is 12.1 Å². The highest BCUT2D eigenvalue weighted by molar-refractivity contribution is 8.76. The van der Waals surface area contributed by atoms with Gasteiger partial charge in [0.15, 0.2) is 0 Å². The zero-order valence-electron chi connectivity index (χ0n) is 15.4. The van der Waals surface area contributed by atoms with Gasteiger partial charge in [-0.15, -0.1) is 0 Å². The van der Waals surface area contributed by atoms with E-state index >= 15 is 0 Å². The lowest BCUT2D eigenvalue weighted by Gasteiger charge is -2.09. The van der Waals surface area contributed by atoms with Crippen molar-refractivity contribution in [1.82, 2.24) is 10.6 Å². The number of urea groups is 2. The smallest absolute Gasteiger partial charge is 0.319 e. The Labute approximate surface area is 202 Å². The molecule has 0 saturated heterocycles. The molecule has 30 heavy (non-hydrogen) atoms. The van der Waals surface area contributed by atoms with Crippen molar-refractivity contribution in [2.45, 2.75) is 0 Å². The summed E-state index contributed by atoms with van der Waals surface area (Å²) in [6.45, 7) is 0.992. The summed E-state index contributed by atoms with van der Waals surface area (Å²) in [7, 11) is 3.19. The number of halogens is 4. The fourth-order valence-electron chi connectivity index (χ4n) is 2.03. The van der Waals surface area contributed by atoms with E-state index in [4.69, 9.17) is 46.4 Å². The number of hydrogen-bond donors (Lipinski definition) is 4. The van der Waals surface area contributed by atoms with Crippen molar-refractivity contribution in [2.75, 3.05) is 35.2 Å². The zero-order valence-corrected chi connectivity index (χ0v) is 20.1. The molecule has 4 amide bonds. The molecule has 0 spiro atoms. The Kier molecular flexibility index (Phi) is 11.1. The summed E-state index contributed by atoms with van der Waals surface area (Å²) in [5.41, 5.74) is 1.13. The van der Waals surface area contributed by atoms with Crippen LogP contribution in [0, 0.1) is 0 Å². The number of carbonyl (C=O) groups is 2. The molecule has 0 unspecified atom stereocenters. The molecule has 6 nitrogen and oxygen atoms in total. The first-order valence-electron chi connectivity index (χ1n) is 8.59. The Morgan fingerprint density at radius 2 is 1.07 bits per heavy atom. The summed E-state index contributed by atoms with van der Waals surface area (Å²) in [6, 6.07) is 9.10. The molecule has 0 aliphatic rings. The molecule has 0 radical (unpaired) electrons. The maximum absolute atomic E-state index is 11.8. The lowest BCUT2D eigenvalue weighted by Crippen LogP contribution is -2.31. The van der Waals surface area contributed by atoms with Gasteiger partial charge in [0, 0.05) is 36.0 Å². The van der Waals surface area contributed by atoms with Gasteiger partial charge in [-0.3, -0.25) is 0 Å². The SMILES string of the molecule is O=C(NCCSSCCNC(=O)Nc1ccc(Cl)c(Cl)c1)Nc1ccc(Cl)c(Cl)c1. The van der Waals surface area contributed by atoms with Gasteiger partial charge in [0.05, 0.1) is 20.1 Å². The van der Waals surface area contributed by atoms with Crippen molar-refractivity contribution in [3.8, 4) is 0 Å². The van der Waals surface area contributed by atoms with Crippen LogP contribution >= 0.6 is 68.0 Å². The van der Waals surface area contributed by atoms with Crippen molar-refractivity contribution < 1.29 is 9.59 Å². The minimum atomic E-state index is -0.320. The second-order valence-corrected chi connectivity index (χ2v) is 9.99. The highest BCUT2D eigenvalue weighted by Crippen LogP contribution is 2.26. The summed E-state index contributed by atoms with van der Waals surface area (Å²) in [5, 5.41) is 12.5. The molecular weight excluding hydrogens is 510 g/mol. The first kappa shape index (κ1) is 25.1. The predicted octanol–water partition coefficient (Wildman–Crippen LogP) is 6.62. The van der Waals surface area contributed by atoms with Gasteiger partial charge in [-0.1, -0.05) is 68.0 Å². The predicted molar refractivity (Wildman–Crippen MR) is 132 cm³/mol. The molecule has 0 saturated carbocycles. The first-order chi connectivity index (χ1) is 14.3. The van der Waals surface area contributed by atoms with Crippen LogP contribution in [0.5, 0.6) is 0 Å². The lowest BCUT2D eigenvalue weighted by atomic mass is 10.3. The molecule has 0 aromatic heterocycles. The number of hydrogen-bond acceptors (Lipinski definition) is 4.